The summed E-state index contributed by atoms with van der Waals surface area (Å²) in [5.41, 5.74) is 7.15. The third-order valence-electron chi connectivity index (χ3n) is 9.15. The molecular formula is C27H42BN5O6S. The number of thiophene rings is 1. The van der Waals surface area contributed by atoms with E-state index in [1.54, 1.807) is 11.5 Å². The fourth-order valence-electron chi connectivity index (χ4n) is 6.87. The largest absolute Gasteiger partial charge is 0.481 e. The standard InChI is InChI=1S/C27H42BN5O6S/c1-16(2)12-23(28-38-22-15-18-14-21(26(18,3)4)27(22,5)39-28)31-24(35)17(13-19(34)20-9-7-11-40-20)8-6-10-30-25(29)32-33(36)37/h7,9,11,16-18,21-23H,6,8,10,12-15H2,1-5H3,(H,31,35)(H3,29,30,32)/t17-,18+,21+,22-,23+,27+/m1/s1. The van der Waals surface area contributed by atoms with Gasteiger partial charge in [0.2, 0.25) is 5.91 Å². The number of carbonyl (C=O) groups is 2. The van der Waals surface area contributed by atoms with Gasteiger partial charge in [-0.05, 0) is 73.6 Å². The Kier molecular flexibility index (Phi) is 9.26. The van der Waals surface area contributed by atoms with E-state index in [1.165, 1.54) is 11.3 Å². The molecule has 0 unspecified atom stereocenters. The Balaban J connectivity index is 1.45. The molecule has 2 heterocycles. The number of nitrogens with two attached hydrogens (primary N) is 1. The molecule has 4 aliphatic rings. The molecule has 0 aromatic carbocycles. The Morgan fingerprint density at radius 1 is 1.32 bits per heavy atom. The topological polar surface area (TPSA) is 158 Å². The summed E-state index contributed by atoms with van der Waals surface area (Å²) < 4.78 is 13.2. The van der Waals surface area contributed by atoms with Gasteiger partial charge in [-0.25, -0.2) is 15.1 Å². The van der Waals surface area contributed by atoms with Crippen molar-refractivity contribution >= 4 is 36.1 Å². The molecule has 3 aliphatic carbocycles. The average molecular weight is 576 g/mol. The highest BCUT2D eigenvalue weighted by atomic mass is 32.1. The van der Waals surface area contributed by atoms with E-state index in [2.05, 4.69) is 44.9 Å². The SMILES string of the molecule is CC(C)C[C@H](NC(=O)[C@H](CCCN=C(N)N[N+](=O)[O-])CC(=O)c1cccs1)B1O[C@@H]2C[C@@H]3C[C@@H](C3(C)C)[C@]2(C)O1. The van der Waals surface area contributed by atoms with Crippen LogP contribution in [0.15, 0.2) is 22.5 Å². The zero-order chi connectivity index (χ0) is 29.2. The number of nitrogens with zero attached hydrogens (tertiary/aromatic N) is 2. The predicted molar refractivity (Wildman–Crippen MR) is 154 cm³/mol. The summed E-state index contributed by atoms with van der Waals surface area (Å²) in [4.78, 5) is 41.8. The highest BCUT2D eigenvalue weighted by Crippen LogP contribution is 2.65. The molecule has 6 atom stereocenters. The Morgan fingerprint density at radius 3 is 2.70 bits per heavy atom. The third kappa shape index (κ3) is 6.52. The number of Topliss-reactive ketones (excluding diaryl/α,β-unsaturated/α-hetero) is 1. The summed E-state index contributed by atoms with van der Waals surface area (Å²) in [6.45, 7) is 11.2. The monoisotopic (exact) mass is 575 g/mol. The minimum absolute atomic E-state index is 0.00754. The van der Waals surface area contributed by atoms with Gasteiger partial charge in [-0.1, -0.05) is 39.2 Å². The van der Waals surface area contributed by atoms with Crippen LogP contribution in [0.5, 0.6) is 0 Å². The summed E-state index contributed by atoms with van der Waals surface area (Å²) >= 11 is 1.35. The first-order valence-electron chi connectivity index (χ1n) is 14.2. The van der Waals surface area contributed by atoms with Crippen molar-refractivity contribution < 1.29 is 23.9 Å². The molecule has 4 fully saturated rings. The smallest absolute Gasteiger partial charge is 0.404 e. The van der Waals surface area contributed by atoms with E-state index in [0.717, 1.165) is 12.8 Å². The number of nitrogens with one attached hydrogen (secondary N) is 2. The molecule has 220 valence electrons. The van der Waals surface area contributed by atoms with Crippen molar-refractivity contribution in [2.24, 2.45) is 39.8 Å². The molecule has 1 amide bonds. The van der Waals surface area contributed by atoms with Crippen LogP contribution in [0.3, 0.4) is 0 Å². The molecule has 1 aliphatic heterocycles. The lowest BCUT2D eigenvalue weighted by Crippen LogP contribution is -2.65. The van der Waals surface area contributed by atoms with Crippen LogP contribution >= 0.6 is 11.3 Å². The Morgan fingerprint density at radius 2 is 2.08 bits per heavy atom. The first-order valence-corrected chi connectivity index (χ1v) is 15.1. The molecule has 1 aromatic rings. The number of hydrogen-bond donors (Lipinski definition) is 3. The molecule has 1 saturated heterocycles. The Bertz CT molecular complexity index is 1110. The van der Waals surface area contributed by atoms with Crippen molar-refractivity contribution in [2.75, 3.05) is 6.54 Å². The van der Waals surface area contributed by atoms with Crippen molar-refractivity contribution in [3.63, 3.8) is 0 Å². The summed E-state index contributed by atoms with van der Waals surface area (Å²) in [5, 5.41) is 14.8. The Hall–Kier alpha value is -2.51. The first kappa shape index (κ1) is 30.5. The zero-order valence-corrected chi connectivity index (χ0v) is 24.9. The maximum Gasteiger partial charge on any atom is 0.481 e. The lowest BCUT2D eigenvalue weighted by Gasteiger charge is -2.64. The number of aliphatic imine (C=N–C) groups is 1. The second-order valence-electron chi connectivity index (χ2n) is 12.7. The molecule has 40 heavy (non-hydrogen) atoms. The van der Waals surface area contributed by atoms with Gasteiger partial charge in [0.1, 0.15) is 0 Å². The number of guanidine groups is 1. The van der Waals surface area contributed by atoms with E-state index >= 15 is 0 Å². The maximum atomic E-state index is 13.7. The second-order valence-corrected chi connectivity index (χ2v) is 13.6. The lowest BCUT2D eigenvalue weighted by molar-refractivity contribution is -0.525. The molecule has 0 radical (unpaired) electrons. The molecule has 2 bridgehead atoms. The maximum absolute atomic E-state index is 13.7. The molecule has 3 saturated carbocycles. The highest BCUT2D eigenvalue weighted by molar-refractivity contribution is 7.12. The summed E-state index contributed by atoms with van der Waals surface area (Å²) in [6, 6.07) is 3.57. The second kappa shape index (κ2) is 12.2. The van der Waals surface area contributed by atoms with Crippen LogP contribution < -0.4 is 16.5 Å². The Labute approximate surface area is 240 Å². The van der Waals surface area contributed by atoms with Gasteiger partial charge in [0.05, 0.1) is 22.5 Å². The predicted octanol–water partition coefficient (Wildman–Crippen LogP) is 3.61. The summed E-state index contributed by atoms with van der Waals surface area (Å²) in [5.74, 6) is -0.253. The first-order chi connectivity index (χ1) is 18.8. The lowest BCUT2D eigenvalue weighted by atomic mass is 9.43. The van der Waals surface area contributed by atoms with Crippen LogP contribution in [0, 0.1) is 39.2 Å². The van der Waals surface area contributed by atoms with Gasteiger partial charge in [0.25, 0.3) is 5.96 Å². The number of hydrazine groups is 1. The summed E-state index contributed by atoms with van der Waals surface area (Å²) in [7, 11) is -0.553. The number of hydrogen-bond acceptors (Lipinski definition) is 8. The minimum Gasteiger partial charge on any atom is -0.404 e. The van der Waals surface area contributed by atoms with Gasteiger partial charge in [-0.15, -0.1) is 11.3 Å². The van der Waals surface area contributed by atoms with E-state index in [4.69, 9.17) is 15.0 Å². The molecular weight excluding hydrogens is 533 g/mol. The van der Waals surface area contributed by atoms with Gasteiger partial charge in [-0.2, -0.15) is 0 Å². The van der Waals surface area contributed by atoms with Crippen LogP contribution in [0.1, 0.15) is 82.8 Å². The van der Waals surface area contributed by atoms with Crippen molar-refractivity contribution in [2.45, 2.75) is 90.8 Å². The van der Waals surface area contributed by atoms with Gasteiger partial charge < -0.3 is 20.4 Å². The quantitative estimate of drug-likeness (QED) is 0.0612. The minimum atomic E-state index is -0.780. The van der Waals surface area contributed by atoms with Crippen molar-refractivity contribution in [3.05, 3.63) is 32.5 Å². The van der Waals surface area contributed by atoms with Gasteiger partial charge in [0.15, 0.2) is 10.8 Å². The van der Waals surface area contributed by atoms with Crippen LogP contribution in [-0.4, -0.2) is 54.0 Å². The molecule has 11 nitrogen and oxygen atoms in total. The van der Waals surface area contributed by atoms with Crippen LogP contribution in [-0.2, 0) is 14.1 Å². The van der Waals surface area contributed by atoms with Crippen molar-refractivity contribution in [3.8, 4) is 0 Å². The highest BCUT2D eigenvalue weighted by Gasteiger charge is 2.68. The fraction of sp³-hybridized carbons (Fsp3) is 0.741. The zero-order valence-electron chi connectivity index (χ0n) is 24.1. The van der Waals surface area contributed by atoms with E-state index in [9.17, 15) is 19.7 Å². The van der Waals surface area contributed by atoms with Crippen molar-refractivity contribution in [1.82, 2.24) is 10.7 Å². The summed E-state index contributed by atoms with van der Waals surface area (Å²) in [6.07, 6.45) is 3.65. The van der Waals surface area contributed by atoms with Crippen LogP contribution in [0.25, 0.3) is 0 Å². The molecule has 13 heteroatoms. The number of nitro groups is 1. The molecule has 5 rings (SSSR count). The van der Waals surface area contributed by atoms with E-state index in [1.807, 2.05) is 11.4 Å². The van der Waals surface area contributed by atoms with Crippen molar-refractivity contribution in [1.29, 1.82) is 0 Å². The number of carbonyl (C=O) groups excluding carboxylic acids is 2. The van der Waals surface area contributed by atoms with E-state index in [0.29, 0.717) is 36.0 Å². The van der Waals surface area contributed by atoms with Gasteiger partial charge >= 0.3 is 7.12 Å². The van der Waals surface area contributed by atoms with Crippen LogP contribution in [0.2, 0.25) is 0 Å². The number of rotatable bonds is 13. The fourth-order valence-corrected chi connectivity index (χ4v) is 7.55. The normalized spacial score (nSPS) is 28.4. The van der Waals surface area contributed by atoms with E-state index in [-0.39, 0.29) is 59.6 Å². The number of ketones is 1. The van der Waals surface area contributed by atoms with Crippen LogP contribution in [0.4, 0.5) is 0 Å². The molecule has 4 N–H and O–H groups in total. The third-order valence-corrected chi connectivity index (χ3v) is 10.1. The van der Waals surface area contributed by atoms with Gasteiger partial charge in [-0.3, -0.25) is 9.59 Å². The molecule has 0 spiro atoms. The van der Waals surface area contributed by atoms with Gasteiger partial charge in [0, 0.05) is 18.9 Å². The average Bonchev–Trinajstić information content (AvgIpc) is 3.52. The number of amides is 1. The van der Waals surface area contributed by atoms with E-state index < -0.39 is 18.1 Å². The molecule has 1 aromatic heterocycles.